The molecule has 1 aliphatic rings. The zero-order valence-corrected chi connectivity index (χ0v) is 16.3. The molecule has 0 spiro atoms. The van der Waals surface area contributed by atoms with Crippen molar-refractivity contribution in [2.24, 2.45) is 0 Å². The van der Waals surface area contributed by atoms with Gasteiger partial charge in [0.05, 0.1) is 0 Å². The fraction of sp³-hybridized carbons (Fsp3) is 0.350. The van der Waals surface area contributed by atoms with Gasteiger partial charge >= 0.3 is 0 Å². The third-order valence-electron chi connectivity index (χ3n) is 4.60. The zero-order valence-electron chi connectivity index (χ0n) is 14.8. The van der Waals surface area contributed by atoms with E-state index in [1.807, 2.05) is 12.1 Å². The maximum atomic E-state index is 5.95. The van der Waals surface area contributed by atoms with E-state index in [0.717, 1.165) is 48.5 Å². The Morgan fingerprint density at radius 1 is 1.04 bits per heavy atom. The highest BCUT2D eigenvalue weighted by molar-refractivity contribution is 7.80. The van der Waals surface area contributed by atoms with Gasteiger partial charge in [0.1, 0.15) is 0 Å². The lowest BCUT2D eigenvalue weighted by molar-refractivity contribution is 0.177. The number of hydrogen-bond donors (Lipinski definition) is 1. The molecule has 2 aromatic rings. The van der Waals surface area contributed by atoms with Gasteiger partial charge in [-0.15, -0.1) is 0 Å². The summed E-state index contributed by atoms with van der Waals surface area (Å²) in [6.45, 7) is 9.10. The summed E-state index contributed by atoms with van der Waals surface area (Å²) in [7, 11) is 0. The van der Waals surface area contributed by atoms with Gasteiger partial charge in [0.15, 0.2) is 5.11 Å². The molecule has 0 unspecified atom stereocenters. The molecule has 3 nitrogen and oxygen atoms in total. The van der Waals surface area contributed by atoms with Crippen LogP contribution in [-0.4, -0.2) is 41.1 Å². The Morgan fingerprint density at radius 3 is 2.36 bits per heavy atom. The van der Waals surface area contributed by atoms with Gasteiger partial charge in [-0.05, 0) is 55.4 Å². The average molecular weight is 374 g/mol. The van der Waals surface area contributed by atoms with Gasteiger partial charge in [-0.3, -0.25) is 4.90 Å². The average Bonchev–Trinajstić information content (AvgIpc) is 2.60. The normalized spacial score (nSPS) is 15.2. The largest absolute Gasteiger partial charge is 0.346 e. The SMILES string of the molecule is Cc1ccc(NC(=S)N2CCN(Cc3ccc(Cl)cc3)CC2)c(C)c1. The minimum absolute atomic E-state index is 0.788. The Kier molecular flexibility index (Phi) is 5.94. The molecule has 0 aliphatic carbocycles. The highest BCUT2D eigenvalue weighted by Gasteiger charge is 2.19. The summed E-state index contributed by atoms with van der Waals surface area (Å²) in [4.78, 5) is 4.71. The molecule has 0 bridgehead atoms. The number of thiocarbonyl (C=S) groups is 1. The van der Waals surface area contributed by atoms with Crippen molar-refractivity contribution in [3.8, 4) is 0 Å². The molecule has 3 rings (SSSR count). The Labute approximate surface area is 160 Å². The van der Waals surface area contributed by atoms with Gasteiger partial charge in [-0.1, -0.05) is 41.4 Å². The van der Waals surface area contributed by atoms with Crippen LogP contribution in [0.2, 0.25) is 5.02 Å². The standard InChI is InChI=1S/C20H24ClN3S/c1-15-3-8-19(16(2)13-15)22-20(25)24-11-9-23(10-12-24)14-17-4-6-18(21)7-5-17/h3-8,13H,9-12,14H2,1-2H3,(H,22,25). The van der Waals surface area contributed by atoms with E-state index in [9.17, 15) is 0 Å². The van der Waals surface area contributed by atoms with Gasteiger partial charge in [-0.25, -0.2) is 0 Å². The second kappa shape index (κ2) is 8.17. The topological polar surface area (TPSA) is 18.5 Å². The minimum Gasteiger partial charge on any atom is -0.346 e. The summed E-state index contributed by atoms with van der Waals surface area (Å²) in [5.74, 6) is 0. The highest BCUT2D eigenvalue weighted by atomic mass is 35.5. The summed E-state index contributed by atoms with van der Waals surface area (Å²) < 4.78 is 0. The molecule has 5 heteroatoms. The number of aryl methyl sites for hydroxylation is 2. The molecule has 132 valence electrons. The molecular formula is C20H24ClN3S. The molecule has 0 aromatic heterocycles. The Balaban J connectivity index is 1.51. The van der Waals surface area contributed by atoms with E-state index in [-0.39, 0.29) is 0 Å². The minimum atomic E-state index is 0.788. The Morgan fingerprint density at radius 2 is 1.72 bits per heavy atom. The number of hydrogen-bond acceptors (Lipinski definition) is 2. The molecule has 0 atom stereocenters. The van der Waals surface area contributed by atoms with Crippen LogP contribution in [0.1, 0.15) is 16.7 Å². The molecule has 25 heavy (non-hydrogen) atoms. The summed E-state index contributed by atoms with van der Waals surface area (Å²) in [5, 5.41) is 5.01. The molecule has 0 radical (unpaired) electrons. The van der Waals surface area contributed by atoms with Crippen LogP contribution in [0.25, 0.3) is 0 Å². The first-order valence-corrected chi connectivity index (χ1v) is 9.40. The van der Waals surface area contributed by atoms with Crippen LogP contribution < -0.4 is 5.32 Å². The molecule has 0 saturated carbocycles. The fourth-order valence-electron chi connectivity index (χ4n) is 3.11. The van der Waals surface area contributed by atoms with Crippen LogP contribution in [-0.2, 0) is 6.54 Å². The molecule has 1 saturated heterocycles. The van der Waals surface area contributed by atoms with Crippen molar-refractivity contribution in [1.82, 2.24) is 9.80 Å². The monoisotopic (exact) mass is 373 g/mol. The van der Waals surface area contributed by atoms with E-state index in [2.05, 4.69) is 59.3 Å². The van der Waals surface area contributed by atoms with Crippen LogP contribution in [0.4, 0.5) is 5.69 Å². The van der Waals surface area contributed by atoms with Crippen LogP contribution in [0, 0.1) is 13.8 Å². The predicted octanol–water partition coefficient (Wildman–Crippen LogP) is 4.47. The van der Waals surface area contributed by atoms with E-state index in [1.165, 1.54) is 16.7 Å². The molecule has 1 N–H and O–H groups in total. The van der Waals surface area contributed by atoms with E-state index in [4.69, 9.17) is 23.8 Å². The summed E-state index contributed by atoms with van der Waals surface area (Å²) >= 11 is 11.6. The van der Waals surface area contributed by atoms with E-state index >= 15 is 0 Å². The summed E-state index contributed by atoms with van der Waals surface area (Å²) in [6, 6.07) is 14.5. The number of benzene rings is 2. The molecule has 1 aliphatic heterocycles. The van der Waals surface area contributed by atoms with Crippen molar-refractivity contribution >= 4 is 34.6 Å². The van der Waals surface area contributed by atoms with Gasteiger partial charge in [-0.2, -0.15) is 0 Å². The van der Waals surface area contributed by atoms with Crippen molar-refractivity contribution in [2.75, 3.05) is 31.5 Å². The molecule has 1 heterocycles. The van der Waals surface area contributed by atoms with Gasteiger partial charge in [0.25, 0.3) is 0 Å². The zero-order chi connectivity index (χ0) is 17.8. The third kappa shape index (κ3) is 4.94. The van der Waals surface area contributed by atoms with Crippen molar-refractivity contribution in [3.05, 3.63) is 64.2 Å². The molecular weight excluding hydrogens is 350 g/mol. The van der Waals surface area contributed by atoms with Gasteiger partial charge < -0.3 is 10.2 Å². The van der Waals surface area contributed by atoms with Crippen LogP contribution >= 0.6 is 23.8 Å². The lowest BCUT2D eigenvalue weighted by atomic mass is 10.1. The quantitative estimate of drug-likeness (QED) is 0.799. The fourth-order valence-corrected chi connectivity index (χ4v) is 3.52. The maximum absolute atomic E-state index is 5.95. The summed E-state index contributed by atoms with van der Waals surface area (Å²) in [6.07, 6.45) is 0. The number of halogens is 1. The van der Waals surface area contributed by atoms with Crippen molar-refractivity contribution in [2.45, 2.75) is 20.4 Å². The number of rotatable bonds is 3. The first-order valence-electron chi connectivity index (χ1n) is 8.61. The maximum Gasteiger partial charge on any atom is 0.173 e. The number of piperazine rings is 1. The number of anilines is 1. The van der Waals surface area contributed by atoms with Crippen LogP contribution in [0.5, 0.6) is 0 Å². The Bertz CT molecular complexity index is 737. The van der Waals surface area contributed by atoms with Gasteiger partial charge in [0, 0.05) is 43.4 Å². The van der Waals surface area contributed by atoms with E-state index in [1.54, 1.807) is 0 Å². The lowest BCUT2D eigenvalue weighted by Crippen LogP contribution is -2.49. The molecule has 1 fully saturated rings. The number of nitrogens with one attached hydrogen (secondary N) is 1. The van der Waals surface area contributed by atoms with Crippen molar-refractivity contribution in [1.29, 1.82) is 0 Å². The van der Waals surface area contributed by atoms with E-state index in [0.29, 0.717) is 0 Å². The second-order valence-corrected chi connectivity index (χ2v) is 7.46. The molecule has 0 amide bonds. The number of nitrogens with zero attached hydrogens (tertiary/aromatic N) is 2. The summed E-state index contributed by atoms with van der Waals surface area (Å²) in [5.41, 5.74) is 4.89. The first kappa shape index (κ1) is 18.2. The predicted molar refractivity (Wildman–Crippen MR) is 110 cm³/mol. The third-order valence-corrected chi connectivity index (χ3v) is 5.21. The first-order chi connectivity index (χ1) is 12.0. The smallest absolute Gasteiger partial charge is 0.173 e. The van der Waals surface area contributed by atoms with Crippen molar-refractivity contribution in [3.63, 3.8) is 0 Å². The molecule has 2 aromatic carbocycles. The Hall–Kier alpha value is -1.62. The second-order valence-electron chi connectivity index (χ2n) is 6.64. The van der Waals surface area contributed by atoms with E-state index < -0.39 is 0 Å². The van der Waals surface area contributed by atoms with Crippen molar-refractivity contribution < 1.29 is 0 Å². The lowest BCUT2D eigenvalue weighted by Gasteiger charge is -2.36. The highest BCUT2D eigenvalue weighted by Crippen LogP contribution is 2.18. The van der Waals surface area contributed by atoms with Crippen LogP contribution in [0.3, 0.4) is 0 Å². The van der Waals surface area contributed by atoms with Gasteiger partial charge in [0.2, 0.25) is 0 Å². The van der Waals surface area contributed by atoms with Crippen LogP contribution in [0.15, 0.2) is 42.5 Å².